The smallest absolute Gasteiger partial charge is 0.254 e. The Kier molecular flexibility index (Phi) is 4.00. The first-order valence-electron chi connectivity index (χ1n) is 5.72. The van der Waals surface area contributed by atoms with Gasteiger partial charge in [-0.05, 0) is 19.2 Å². The number of aromatic nitrogens is 1. The molecule has 7 heteroatoms. The van der Waals surface area contributed by atoms with E-state index < -0.39 is 0 Å². The Labute approximate surface area is 111 Å². The molecule has 2 rings (SSSR count). The van der Waals surface area contributed by atoms with Crippen LogP contribution in [0.5, 0.6) is 0 Å². The topological polar surface area (TPSA) is 74.5 Å². The standard InChI is InChI=1S/C11H16ClN5O/c1-16-2-4-17(5-3-16)11(18)8-6-9(12)14-10(7-8)15-13/h6-7H,2-5,13H2,1H3,(H,14,15). The average Bonchev–Trinajstić information content (AvgIpc) is 2.38. The van der Waals surface area contributed by atoms with Crippen molar-refractivity contribution < 1.29 is 4.79 Å². The van der Waals surface area contributed by atoms with E-state index in [2.05, 4.69) is 15.3 Å². The Bertz CT molecular complexity index is 445. The molecule has 1 fully saturated rings. The summed E-state index contributed by atoms with van der Waals surface area (Å²) in [6.45, 7) is 3.21. The molecule has 1 aliphatic rings. The van der Waals surface area contributed by atoms with Crippen molar-refractivity contribution in [1.82, 2.24) is 14.8 Å². The van der Waals surface area contributed by atoms with E-state index in [1.165, 1.54) is 0 Å². The lowest BCUT2D eigenvalue weighted by Crippen LogP contribution is -2.47. The lowest BCUT2D eigenvalue weighted by molar-refractivity contribution is 0.0664. The van der Waals surface area contributed by atoms with Crippen LogP contribution in [-0.2, 0) is 0 Å². The van der Waals surface area contributed by atoms with Gasteiger partial charge in [-0.15, -0.1) is 0 Å². The number of carbonyl (C=O) groups excluding carboxylic acids is 1. The maximum absolute atomic E-state index is 12.3. The summed E-state index contributed by atoms with van der Waals surface area (Å²) in [4.78, 5) is 20.2. The number of nitrogen functional groups attached to an aromatic ring is 1. The predicted molar refractivity (Wildman–Crippen MR) is 70.5 cm³/mol. The fourth-order valence-corrected chi connectivity index (χ4v) is 2.10. The Morgan fingerprint density at radius 3 is 2.67 bits per heavy atom. The van der Waals surface area contributed by atoms with E-state index in [4.69, 9.17) is 17.4 Å². The van der Waals surface area contributed by atoms with E-state index in [9.17, 15) is 4.79 Å². The summed E-state index contributed by atoms with van der Waals surface area (Å²) in [5.41, 5.74) is 2.91. The van der Waals surface area contributed by atoms with Crippen LogP contribution in [0.3, 0.4) is 0 Å². The van der Waals surface area contributed by atoms with Crippen LogP contribution in [0.2, 0.25) is 5.15 Å². The van der Waals surface area contributed by atoms with Crippen LogP contribution >= 0.6 is 11.6 Å². The fraction of sp³-hybridized carbons (Fsp3) is 0.455. The zero-order valence-corrected chi connectivity index (χ0v) is 10.9. The summed E-state index contributed by atoms with van der Waals surface area (Å²) in [6.07, 6.45) is 0. The number of nitrogens with two attached hydrogens (primary N) is 1. The van der Waals surface area contributed by atoms with Crippen LogP contribution in [0, 0.1) is 0 Å². The third-order valence-corrected chi connectivity index (χ3v) is 3.17. The highest BCUT2D eigenvalue weighted by Gasteiger charge is 2.21. The fourth-order valence-electron chi connectivity index (χ4n) is 1.89. The van der Waals surface area contributed by atoms with Crippen molar-refractivity contribution >= 4 is 23.3 Å². The van der Waals surface area contributed by atoms with Crippen LogP contribution in [0.25, 0.3) is 0 Å². The summed E-state index contributed by atoms with van der Waals surface area (Å²) in [5.74, 6) is 5.63. The molecule has 3 N–H and O–H groups in total. The molecule has 1 aromatic rings. The summed E-state index contributed by atoms with van der Waals surface area (Å²) in [5, 5.41) is 0.253. The molecule has 0 atom stereocenters. The van der Waals surface area contributed by atoms with Gasteiger partial charge < -0.3 is 15.2 Å². The molecule has 1 aromatic heterocycles. The number of anilines is 1. The van der Waals surface area contributed by atoms with Gasteiger partial charge in [-0.25, -0.2) is 10.8 Å². The largest absolute Gasteiger partial charge is 0.336 e. The molecule has 0 bridgehead atoms. The van der Waals surface area contributed by atoms with E-state index in [1.807, 2.05) is 11.9 Å². The maximum Gasteiger partial charge on any atom is 0.254 e. The molecular weight excluding hydrogens is 254 g/mol. The number of halogens is 1. The van der Waals surface area contributed by atoms with Crippen LogP contribution < -0.4 is 11.3 Å². The molecule has 1 saturated heterocycles. The molecule has 1 amide bonds. The van der Waals surface area contributed by atoms with Gasteiger partial charge in [-0.2, -0.15) is 0 Å². The van der Waals surface area contributed by atoms with Crippen molar-refractivity contribution in [1.29, 1.82) is 0 Å². The van der Waals surface area contributed by atoms with Crippen molar-refractivity contribution in [2.24, 2.45) is 5.84 Å². The lowest BCUT2D eigenvalue weighted by Gasteiger charge is -2.32. The van der Waals surface area contributed by atoms with E-state index in [-0.39, 0.29) is 11.1 Å². The Hall–Kier alpha value is -1.37. The van der Waals surface area contributed by atoms with Gasteiger partial charge >= 0.3 is 0 Å². The number of hydrogen-bond acceptors (Lipinski definition) is 5. The Morgan fingerprint density at radius 1 is 1.39 bits per heavy atom. The quantitative estimate of drug-likeness (QED) is 0.462. The monoisotopic (exact) mass is 269 g/mol. The summed E-state index contributed by atoms with van der Waals surface area (Å²) < 4.78 is 0. The molecule has 98 valence electrons. The van der Waals surface area contributed by atoms with Gasteiger partial charge in [0.15, 0.2) is 0 Å². The number of likely N-dealkylation sites (N-methyl/N-ethyl adjacent to an activating group) is 1. The minimum atomic E-state index is -0.0381. The number of nitrogens with zero attached hydrogens (tertiary/aromatic N) is 3. The van der Waals surface area contributed by atoms with Crippen molar-refractivity contribution in [2.75, 3.05) is 38.7 Å². The van der Waals surface area contributed by atoms with Gasteiger partial charge in [-0.1, -0.05) is 11.6 Å². The highest BCUT2D eigenvalue weighted by Crippen LogP contribution is 2.16. The number of hydrazine groups is 1. The second kappa shape index (κ2) is 5.51. The second-order valence-corrected chi connectivity index (χ2v) is 4.69. The van der Waals surface area contributed by atoms with Crippen LogP contribution in [-0.4, -0.2) is 53.9 Å². The number of nitrogens with one attached hydrogen (secondary N) is 1. The summed E-state index contributed by atoms with van der Waals surface area (Å²) in [6, 6.07) is 3.16. The normalized spacial score (nSPS) is 16.7. The van der Waals surface area contributed by atoms with Crippen molar-refractivity contribution in [3.05, 3.63) is 22.8 Å². The van der Waals surface area contributed by atoms with Gasteiger partial charge in [-0.3, -0.25) is 4.79 Å². The Morgan fingerprint density at radius 2 is 2.06 bits per heavy atom. The third-order valence-electron chi connectivity index (χ3n) is 2.98. The van der Waals surface area contributed by atoms with Gasteiger partial charge in [0.2, 0.25) is 0 Å². The zero-order chi connectivity index (χ0) is 13.1. The first kappa shape index (κ1) is 13.1. The lowest BCUT2D eigenvalue weighted by atomic mass is 10.2. The van der Waals surface area contributed by atoms with Gasteiger partial charge in [0.05, 0.1) is 0 Å². The Balaban J connectivity index is 2.15. The number of pyridine rings is 1. The van der Waals surface area contributed by atoms with Crippen LogP contribution in [0.1, 0.15) is 10.4 Å². The molecule has 0 aliphatic carbocycles. The number of piperazine rings is 1. The van der Waals surface area contributed by atoms with E-state index >= 15 is 0 Å². The first-order chi connectivity index (χ1) is 8.60. The molecule has 0 spiro atoms. The minimum Gasteiger partial charge on any atom is -0.336 e. The molecule has 0 unspecified atom stereocenters. The van der Waals surface area contributed by atoms with Crippen molar-refractivity contribution in [3.8, 4) is 0 Å². The van der Waals surface area contributed by atoms with Gasteiger partial charge in [0.25, 0.3) is 5.91 Å². The van der Waals surface area contributed by atoms with E-state index in [0.717, 1.165) is 26.2 Å². The van der Waals surface area contributed by atoms with Crippen LogP contribution in [0.4, 0.5) is 5.82 Å². The minimum absolute atomic E-state index is 0.0381. The number of rotatable bonds is 2. The number of hydrogen-bond donors (Lipinski definition) is 2. The molecule has 1 aliphatic heterocycles. The molecule has 2 heterocycles. The molecule has 18 heavy (non-hydrogen) atoms. The third kappa shape index (κ3) is 2.90. The molecule has 0 aromatic carbocycles. The molecular formula is C11H16ClN5O. The first-order valence-corrected chi connectivity index (χ1v) is 6.10. The van der Waals surface area contributed by atoms with Gasteiger partial charge in [0.1, 0.15) is 11.0 Å². The number of amides is 1. The summed E-state index contributed by atoms with van der Waals surface area (Å²) in [7, 11) is 2.04. The maximum atomic E-state index is 12.3. The highest BCUT2D eigenvalue weighted by molar-refractivity contribution is 6.29. The zero-order valence-electron chi connectivity index (χ0n) is 10.2. The van der Waals surface area contributed by atoms with E-state index in [0.29, 0.717) is 11.4 Å². The SMILES string of the molecule is CN1CCN(C(=O)c2cc(Cl)nc(NN)c2)CC1. The van der Waals surface area contributed by atoms with E-state index in [1.54, 1.807) is 12.1 Å². The molecule has 6 nitrogen and oxygen atoms in total. The molecule has 0 saturated carbocycles. The average molecular weight is 270 g/mol. The summed E-state index contributed by atoms with van der Waals surface area (Å²) >= 11 is 5.85. The van der Waals surface area contributed by atoms with Crippen molar-refractivity contribution in [2.45, 2.75) is 0 Å². The second-order valence-electron chi connectivity index (χ2n) is 4.30. The molecule has 0 radical (unpaired) electrons. The van der Waals surface area contributed by atoms with Gasteiger partial charge in [0, 0.05) is 31.7 Å². The van der Waals surface area contributed by atoms with Crippen LogP contribution in [0.15, 0.2) is 12.1 Å². The number of carbonyl (C=O) groups is 1. The highest BCUT2D eigenvalue weighted by atomic mass is 35.5. The van der Waals surface area contributed by atoms with Crippen molar-refractivity contribution in [3.63, 3.8) is 0 Å². The predicted octanol–water partition coefficient (Wildman–Crippen LogP) is 0.408.